The Bertz CT molecular complexity index is 255. The molecule has 132 valence electrons. The van der Waals surface area contributed by atoms with E-state index >= 15 is 0 Å². The average molecular weight is 584 g/mol. The first-order chi connectivity index (χ1) is 12.0. The molecule has 0 radical (unpaired) electrons. The molecule has 0 aromatic rings. The quantitative estimate of drug-likeness (QED) is 0.189. The van der Waals surface area contributed by atoms with Crippen LogP contribution in [-0.2, 0) is 34.1 Å². The van der Waals surface area contributed by atoms with E-state index in [9.17, 15) is 0 Å². The first-order valence-corrected chi connectivity index (χ1v) is 2.68. The molecule has 0 aliphatic carbocycles. The summed E-state index contributed by atoms with van der Waals surface area (Å²) in [5.74, 6) is 0. The molecule has 0 rings (SSSR count). The Morgan fingerprint density at radius 1 is 0.200 bits per heavy atom. The fourth-order valence-corrected chi connectivity index (χ4v) is 0. The molecule has 18 heteroatoms. The third kappa shape index (κ3) is 11100. The van der Waals surface area contributed by atoms with E-state index in [1.54, 1.807) is 0 Å². The molecule has 0 fully saturated rings. The van der Waals surface area contributed by atoms with E-state index in [0.29, 0.717) is 0 Å². The fraction of sp³-hybridized carbons (Fsp3) is 0. The van der Waals surface area contributed by atoms with Crippen molar-refractivity contribution in [3.05, 3.63) is 78.9 Å². The monoisotopic (exact) mass is 584 g/mol. The van der Waals surface area contributed by atoms with Gasteiger partial charge < -0.3 is 148 Å². The first-order valence-electron chi connectivity index (χ1n) is 2.68. The van der Waals surface area contributed by atoms with Gasteiger partial charge in [-0.2, -0.15) is 0 Å². The van der Waals surface area contributed by atoms with Gasteiger partial charge in [0.15, 0.2) is 0 Å². The van der Waals surface area contributed by atoms with Crippen molar-refractivity contribution in [2.45, 2.75) is 0 Å². The maximum absolute atomic E-state index is 6.25. The van der Waals surface area contributed by atoms with Gasteiger partial charge in [-0.25, -0.2) is 0 Å². The summed E-state index contributed by atoms with van der Waals surface area (Å²) in [7, 11) is 0. The van der Waals surface area contributed by atoms with Crippen LogP contribution >= 0.6 is 0 Å². The van der Waals surface area contributed by atoms with E-state index in [1.165, 1.54) is 0 Å². The zero-order chi connectivity index (χ0) is 24.0. The van der Waals surface area contributed by atoms with Crippen LogP contribution in [0.1, 0.15) is 5.71 Å². The smallest absolute Gasteiger partial charge is 1.00 e. The van der Waals surface area contributed by atoms with E-state index < -0.39 is 0 Å². The SMILES string of the molecule is [C-]#N.[C-]#N.[C-]#N.[C-]#N.[C-]#N.[C-]#N.[C-]#N.[C-]#N.[C-]#N.[C-]#N.[C-]#N.[C-]#N.[Fe+6].[Fe+6].[H-].[H-].[H-].[H-].[K+].[K+].[K+].[K+]. The van der Waals surface area contributed by atoms with Crippen molar-refractivity contribution in [3.63, 3.8) is 0 Å². The number of nitrogens with zero attached hydrogens (tertiary/aromatic N) is 12. The van der Waals surface area contributed by atoms with Crippen molar-refractivity contribution >= 4 is 0 Å². The Morgan fingerprint density at radius 2 is 0.200 bits per heavy atom. The second-order valence-electron chi connectivity index (χ2n) is 0. The van der Waals surface area contributed by atoms with Crippen molar-refractivity contribution < 1.29 is 245 Å². The van der Waals surface area contributed by atoms with Gasteiger partial charge in [0.05, 0.1) is 0 Å². The van der Waals surface area contributed by atoms with Crippen LogP contribution in [0, 0.1) is 142 Å². The van der Waals surface area contributed by atoms with Crippen LogP contribution < -0.4 is 206 Å². The molecule has 0 saturated carbocycles. The molecule has 0 heterocycles. The van der Waals surface area contributed by atoms with Gasteiger partial charge in [0, 0.05) is 0 Å². The number of hydrogen-bond donors (Lipinski definition) is 0. The molecule has 0 aromatic carbocycles. The predicted octanol–water partition coefficient (Wildman–Crippen LogP) is -10.4. The van der Waals surface area contributed by atoms with Crippen molar-refractivity contribution in [2.24, 2.45) is 0 Å². The normalized spacial score (nSPS) is 0.800. The number of rotatable bonds is 0. The molecule has 0 aromatic heterocycles. The summed E-state index contributed by atoms with van der Waals surface area (Å²) in [4.78, 5) is 0. The molecule has 0 spiro atoms. The van der Waals surface area contributed by atoms with Gasteiger partial charge in [0.25, 0.3) is 0 Å². The summed E-state index contributed by atoms with van der Waals surface area (Å²) in [5, 5.41) is 75.0. The van der Waals surface area contributed by atoms with Crippen molar-refractivity contribution in [1.82, 2.24) is 0 Å². The zero-order valence-electron chi connectivity index (χ0n) is 20.1. The summed E-state index contributed by atoms with van der Waals surface area (Å²) >= 11 is 0. The van der Waals surface area contributed by atoms with Gasteiger partial charge in [-0.3, -0.25) is 0 Å². The van der Waals surface area contributed by atoms with Crippen LogP contribution in [0.4, 0.5) is 0 Å². The Kier molecular flexibility index (Phi) is 66200. The summed E-state index contributed by atoms with van der Waals surface area (Å²) in [6.45, 7) is 57.0. The van der Waals surface area contributed by atoms with Gasteiger partial charge in [-0.15, -0.1) is 0 Å². The predicted molar refractivity (Wildman–Crippen MR) is 64.1 cm³/mol. The minimum atomic E-state index is 0. The van der Waals surface area contributed by atoms with Crippen molar-refractivity contribution in [1.29, 1.82) is 63.1 Å². The zero-order valence-corrected chi connectivity index (χ0v) is 30.8. The Hall–Kier alpha value is 1.46. The molecule has 0 aliphatic heterocycles. The van der Waals surface area contributed by atoms with Gasteiger partial charge in [-0.1, -0.05) is 0 Å². The van der Waals surface area contributed by atoms with Crippen LogP contribution in [0.3, 0.4) is 0 Å². The Labute approximate surface area is 377 Å². The Balaban J connectivity index is -0.00000000225. The average Bonchev–Trinajstić information content (AvgIpc) is 2.84. The van der Waals surface area contributed by atoms with Crippen LogP contribution in [-0.4, -0.2) is 0 Å². The molecule has 0 atom stereocenters. The molecular formula is C12H4Fe2K4N12. The van der Waals surface area contributed by atoms with E-state index in [4.69, 9.17) is 142 Å². The minimum Gasteiger partial charge on any atom is -1.00 e. The van der Waals surface area contributed by atoms with E-state index in [1.807, 2.05) is 0 Å². The maximum atomic E-state index is 6.25. The molecule has 0 saturated heterocycles. The molecule has 12 nitrogen and oxygen atoms in total. The largest absolute Gasteiger partial charge is 6.00 e. The summed E-state index contributed by atoms with van der Waals surface area (Å²) < 4.78 is 0. The topological polar surface area (TPSA) is 285 Å². The maximum Gasteiger partial charge on any atom is 6.00 e. The van der Waals surface area contributed by atoms with Gasteiger partial charge in [0.2, 0.25) is 0 Å². The van der Waals surface area contributed by atoms with Crippen LogP contribution in [0.5, 0.6) is 0 Å². The van der Waals surface area contributed by atoms with Crippen LogP contribution in [0.25, 0.3) is 0 Å². The number of hydrogen-bond acceptors (Lipinski definition) is 12. The first kappa shape index (κ1) is 161. The Morgan fingerprint density at radius 3 is 0.200 bits per heavy atom. The molecule has 0 unspecified atom stereocenters. The molecular weight excluding hydrogens is 580 g/mol. The third-order valence-corrected chi connectivity index (χ3v) is 0. The molecule has 0 bridgehead atoms. The second kappa shape index (κ2) is 12300. The molecule has 0 N–H and O–H groups in total. The molecule has 0 aliphatic rings. The van der Waals surface area contributed by atoms with E-state index in [2.05, 4.69) is 0 Å². The van der Waals surface area contributed by atoms with Crippen molar-refractivity contribution in [3.8, 4) is 0 Å². The fourth-order valence-electron chi connectivity index (χ4n) is 0. The molecule has 0 amide bonds. The summed E-state index contributed by atoms with van der Waals surface area (Å²) in [6, 6.07) is 0. The second-order valence-corrected chi connectivity index (χ2v) is 0. The minimum absolute atomic E-state index is 0. The summed E-state index contributed by atoms with van der Waals surface area (Å²) in [6.07, 6.45) is 0. The third-order valence-electron chi connectivity index (χ3n) is 0. The van der Waals surface area contributed by atoms with Gasteiger partial charge in [-0.05, 0) is 0 Å². The van der Waals surface area contributed by atoms with Gasteiger partial charge in [0.1, 0.15) is 0 Å². The molecule has 30 heavy (non-hydrogen) atoms. The van der Waals surface area contributed by atoms with Crippen LogP contribution in [0.15, 0.2) is 0 Å². The van der Waals surface area contributed by atoms with E-state index in [0.717, 1.165) is 0 Å². The standard InChI is InChI=1S/12CN.2Fe.4K.4H/c12*1-2;;;;;;;;;;/q12*-1;2*+6;4*+1;4*-1. The van der Waals surface area contributed by atoms with Crippen LogP contribution in [0.2, 0.25) is 0 Å². The van der Waals surface area contributed by atoms with Gasteiger partial charge >= 0.3 is 240 Å². The summed E-state index contributed by atoms with van der Waals surface area (Å²) in [5.41, 5.74) is 0. The van der Waals surface area contributed by atoms with E-state index in [-0.39, 0.29) is 245 Å². The van der Waals surface area contributed by atoms with Crippen molar-refractivity contribution in [2.75, 3.05) is 0 Å².